The van der Waals surface area contributed by atoms with Crippen LogP contribution in [0.3, 0.4) is 0 Å². The SMILES string of the molecule is CCOC(=O)c1ccc(-n2cnc(C#N)c2C#N)nc1. The van der Waals surface area contributed by atoms with Crippen molar-refractivity contribution in [2.24, 2.45) is 0 Å². The van der Waals surface area contributed by atoms with Gasteiger partial charge in [-0.05, 0) is 19.1 Å². The number of carbonyl (C=O) groups excluding carboxylic acids is 1. The van der Waals surface area contributed by atoms with Crippen molar-refractivity contribution < 1.29 is 9.53 Å². The van der Waals surface area contributed by atoms with Crippen LogP contribution in [0, 0.1) is 22.7 Å². The number of ether oxygens (including phenoxy) is 1. The molecule has 0 saturated carbocycles. The lowest BCUT2D eigenvalue weighted by Crippen LogP contribution is -2.06. The fourth-order valence-electron chi connectivity index (χ4n) is 1.57. The van der Waals surface area contributed by atoms with Gasteiger partial charge in [0.2, 0.25) is 0 Å². The van der Waals surface area contributed by atoms with E-state index in [1.807, 2.05) is 12.1 Å². The van der Waals surface area contributed by atoms with Crippen molar-refractivity contribution in [1.29, 1.82) is 10.5 Å². The van der Waals surface area contributed by atoms with Crippen LogP contribution in [0.1, 0.15) is 28.7 Å². The summed E-state index contributed by atoms with van der Waals surface area (Å²) in [5.41, 5.74) is 0.447. The number of carbonyl (C=O) groups is 1. The van der Waals surface area contributed by atoms with Crippen LogP contribution in [0.25, 0.3) is 5.82 Å². The van der Waals surface area contributed by atoms with Gasteiger partial charge < -0.3 is 4.74 Å². The van der Waals surface area contributed by atoms with Crippen molar-refractivity contribution >= 4 is 5.97 Å². The van der Waals surface area contributed by atoms with E-state index in [1.54, 1.807) is 13.0 Å². The van der Waals surface area contributed by atoms with Gasteiger partial charge in [0.25, 0.3) is 0 Å². The first-order chi connectivity index (χ1) is 9.71. The van der Waals surface area contributed by atoms with E-state index in [1.165, 1.54) is 23.2 Å². The van der Waals surface area contributed by atoms with Crippen molar-refractivity contribution in [2.45, 2.75) is 6.92 Å². The topological polar surface area (TPSA) is 105 Å². The molecule has 2 heterocycles. The van der Waals surface area contributed by atoms with E-state index in [0.29, 0.717) is 11.4 Å². The van der Waals surface area contributed by atoms with Gasteiger partial charge in [0.15, 0.2) is 11.4 Å². The molecule has 0 aliphatic carbocycles. The molecule has 0 fully saturated rings. The predicted molar refractivity (Wildman–Crippen MR) is 66.7 cm³/mol. The Morgan fingerprint density at radius 3 is 2.70 bits per heavy atom. The first kappa shape index (κ1) is 13.2. The second kappa shape index (κ2) is 5.63. The van der Waals surface area contributed by atoms with E-state index >= 15 is 0 Å². The summed E-state index contributed by atoms with van der Waals surface area (Å²) in [5, 5.41) is 17.9. The van der Waals surface area contributed by atoms with E-state index in [-0.39, 0.29) is 18.0 Å². The summed E-state index contributed by atoms with van der Waals surface area (Å²) in [4.78, 5) is 19.4. The Labute approximate surface area is 114 Å². The molecule has 2 rings (SSSR count). The molecular weight excluding hydrogens is 258 g/mol. The van der Waals surface area contributed by atoms with Crippen molar-refractivity contribution in [3.8, 4) is 18.0 Å². The Morgan fingerprint density at radius 2 is 2.15 bits per heavy atom. The second-order valence-electron chi connectivity index (χ2n) is 3.66. The summed E-state index contributed by atoms with van der Waals surface area (Å²) in [5.74, 6) is -0.0704. The van der Waals surface area contributed by atoms with Gasteiger partial charge in [0.05, 0.1) is 12.2 Å². The molecule has 0 aliphatic heterocycles. The second-order valence-corrected chi connectivity index (χ2v) is 3.66. The van der Waals surface area contributed by atoms with E-state index < -0.39 is 5.97 Å². The maximum atomic E-state index is 11.5. The Bertz CT molecular complexity index is 719. The van der Waals surface area contributed by atoms with Gasteiger partial charge in [-0.15, -0.1) is 0 Å². The van der Waals surface area contributed by atoms with Crippen molar-refractivity contribution in [3.05, 3.63) is 41.6 Å². The van der Waals surface area contributed by atoms with Gasteiger partial charge >= 0.3 is 5.97 Å². The molecule has 0 amide bonds. The van der Waals surface area contributed by atoms with Crippen LogP contribution in [-0.2, 0) is 4.74 Å². The molecule has 0 aliphatic rings. The molecule has 2 aromatic rings. The van der Waals surface area contributed by atoms with Gasteiger partial charge in [0.1, 0.15) is 24.3 Å². The average Bonchev–Trinajstić information content (AvgIpc) is 2.90. The summed E-state index contributed by atoms with van der Waals surface area (Å²) in [7, 11) is 0. The van der Waals surface area contributed by atoms with Crippen LogP contribution in [-0.4, -0.2) is 27.1 Å². The molecule has 0 N–H and O–H groups in total. The lowest BCUT2D eigenvalue weighted by atomic mass is 10.3. The van der Waals surface area contributed by atoms with Crippen LogP contribution in [0.4, 0.5) is 0 Å². The fraction of sp³-hybridized carbons (Fsp3) is 0.154. The quantitative estimate of drug-likeness (QED) is 0.773. The van der Waals surface area contributed by atoms with Gasteiger partial charge in [0, 0.05) is 6.20 Å². The van der Waals surface area contributed by atoms with Gasteiger partial charge in [-0.3, -0.25) is 4.57 Å². The number of pyridine rings is 1. The number of nitrogens with zero attached hydrogens (tertiary/aromatic N) is 5. The molecule has 0 saturated heterocycles. The molecular formula is C13H9N5O2. The summed E-state index contributed by atoms with van der Waals surface area (Å²) in [6.07, 6.45) is 2.68. The molecule has 2 aromatic heterocycles. The summed E-state index contributed by atoms with van der Waals surface area (Å²) in [6, 6.07) is 6.81. The highest BCUT2D eigenvalue weighted by molar-refractivity contribution is 5.89. The zero-order valence-electron chi connectivity index (χ0n) is 10.6. The minimum absolute atomic E-state index is 0.0313. The van der Waals surface area contributed by atoms with Crippen LogP contribution in [0.15, 0.2) is 24.7 Å². The molecule has 0 bridgehead atoms. The van der Waals surface area contributed by atoms with Crippen molar-refractivity contribution in [1.82, 2.24) is 14.5 Å². The number of hydrogen-bond acceptors (Lipinski definition) is 6. The molecule has 7 nitrogen and oxygen atoms in total. The Hall–Kier alpha value is -3.19. The maximum Gasteiger partial charge on any atom is 0.339 e. The highest BCUT2D eigenvalue weighted by atomic mass is 16.5. The van der Waals surface area contributed by atoms with Crippen molar-refractivity contribution in [3.63, 3.8) is 0 Å². The van der Waals surface area contributed by atoms with Crippen LogP contribution >= 0.6 is 0 Å². The zero-order chi connectivity index (χ0) is 14.5. The lowest BCUT2D eigenvalue weighted by Gasteiger charge is -2.04. The van der Waals surface area contributed by atoms with E-state index in [4.69, 9.17) is 15.3 Å². The fourth-order valence-corrected chi connectivity index (χ4v) is 1.57. The minimum Gasteiger partial charge on any atom is -0.462 e. The van der Waals surface area contributed by atoms with Gasteiger partial charge in [-0.1, -0.05) is 0 Å². The number of nitriles is 2. The molecule has 98 valence electrons. The minimum atomic E-state index is -0.463. The average molecular weight is 267 g/mol. The van der Waals surface area contributed by atoms with Gasteiger partial charge in [-0.25, -0.2) is 14.8 Å². The summed E-state index contributed by atoms with van der Waals surface area (Å²) < 4.78 is 6.23. The summed E-state index contributed by atoms with van der Waals surface area (Å²) in [6.45, 7) is 2.00. The largest absolute Gasteiger partial charge is 0.462 e. The number of esters is 1. The highest BCUT2D eigenvalue weighted by Gasteiger charge is 2.13. The lowest BCUT2D eigenvalue weighted by molar-refractivity contribution is 0.0526. The Morgan fingerprint density at radius 1 is 1.35 bits per heavy atom. The van der Waals surface area contributed by atoms with E-state index in [9.17, 15) is 4.79 Å². The third kappa shape index (κ3) is 2.33. The van der Waals surface area contributed by atoms with Crippen LogP contribution in [0.2, 0.25) is 0 Å². The molecule has 0 radical (unpaired) electrons. The maximum absolute atomic E-state index is 11.5. The first-order valence-corrected chi connectivity index (χ1v) is 5.72. The first-order valence-electron chi connectivity index (χ1n) is 5.72. The normalized spacial score (nSPS) is 9.55. The standard InChI is InChI=1S/C13H9N5O2/c1-2-20-13(19)9-3-4-12(16-7-9)18-8-17-10(5-14)11(18)6-15/h3-4,7-8H,2H2,1H3. The number of aromatic nitrogens is 3. The summed E-state index contributed by atoms with van der Waals surface area (Å²) >= 11 is 0. The molecule has 7 heteroatoms. The third-order valence-electron chi connectivity index (χ3n) is 2.49. The Kier molecular flexibility index (Phi) is 3.73. The van der Waals surface area contributed by atoms with Crippen molar-refractivity contribution in [2.75, 3.05) is 6.61 Å². The van der Waals surface area contributed by atoms with Gasteiger partial charge in [-0.2, -0.15) is 10.5 Å². The third-order valence-corrected chi connectivity index (χ3v) is 2.49. The molecule has 0 unspecified atom stereocenters. The molecule has 20 heavy (non-hydrogen) atoms. The van der Waals surface area contributed by atoms with Crippen LogP contribution in [0.5, 0.6) is 0 Å². The monoisotopic (exact) mass is 267 g/mol. The highest BCUT2D eigenvalue weighted by Crippen LogP contribution is 2.12. The van der Waals surface area contributed by atoms with E-state index in [0.717, 1.165) is 0 Å². The van der Waals surface area contributed by atoms with Crippen LogP contribution < -0.4 is 0 Å². The zero-order valence-corrected chi connectivity index (χ0v) is 10.6. The predicted octanol–water partition coefficient (Wildman–Crippen LogP) is 1.19. The number of rotatable bonds is 3. The Balaban J connectivity index is 2.37. The molecule has 0 aromatic carbocycles. The number of hydrogen-bond donors (Lipinski definition) is 0. The number of imidazole rings is 1. The smallest absolute Gasteiger partial charge is 0.339 e. The van der Waals surface area contributed by atoms with E-state index in [2.05, 4.69) is 9.97 Å². The molecule has 0 spiro atoms. The molecule has 0 atom stereocenters.